The van der Waals surface area contributed by atoms with E-state index in [2.05, 4.69) is 10.6 Å². The molecule has 0 bridgehead atoms. The minimum atomic E-state index is -1.27. The molecular formula is C128H88N4. The second-order valence-corrected chi connectivity index (χ2v) is 30.2. The highest BCUT2D eigenvalue weighted by Crippen LogP contribution is 2.45. The fraction of sp³-hybridized carbons (Fsp3) is 0. The highest BCUT2D eigenvalue weighted by Gasteiger charge is 2.22. The number of anilines is 6. The van der Waals surface area contributed by atoms with E-state index in [1.54, 1.807) is 48.5 Å². The van der Waals surface area contributed by atoms with Crippen molar-refractivity contribution in [1.29, 1.82) is 0 Å². The van der Waals surface area contributed by atoms with Crippen molar-refractivity contribution >= 4 is 99.3 Å². The first-order chi connectivity index (χ1) is 85.0. The van der Waals surface area contributed by atoms with Crippen LogP contribution in [0.3, 0.4) is 0 Å². The first-order valence-corrected chi connectivity index (χ1v) is 41.5. The van der Waals surface area contributed by atoms with Crippen LogP contribution in [-0.2, 0) is 0 Å². The predicted octanol–water partition coefficient (Wildman–Crippen LogP) is 35.5. The van der Waals surface area contributed by atoms with E-state index in [9.17, 15) is 31.5 Å². The Hall–Kier alpha value is -17.4. The van der Waals surface area contributed by atoms with Crippen LogP contribution < -0.4 is 9.80 Å². The van der Waals surface area contributed by atoms with Crippen molar-refractivity contribution in [2.75, 3.05) is 9.80 Å². The van der Waals surface area contributed by atoms with Gasteiger partial charge in [-0.2, -0.15) is 0 Å². The molecular weight excluding hydrogens is 1590 g/mol. The summed E-state index contributed by atoms with van der Waals surface area (Å²) in [5.41, 5.74) is -4.98. The average Bonchev–Trinajstić information content (AvgIpc) is 0.773. The lowest BCUT2D eigenvalue weighted by Gasteiger charge is -2.26. The topological polar surface area (TPSA) is 16.3 Å². The van der Waals surface area contributed by atoms with E-state index >= 15 is 0 Å². The number of fused-ring (bicyclic) bond motifs is 8. The van der Waals surface area contributed by atoms with Crippen LogP contribution in [-0.4, -0.2) is 9.13 Å². The van der Waals surface area contributed by atoms with Crippen molar-refractivity contribution in [3.8, 4) is 123 Å². The zero-order chi connectivity index (χ0) is 129. The number of hydrogen-bond acceptors (Lipinski definition) is 2. The van der Waals surface area contributed by atoms with Gasteiger partial charge in [-0.25, -0.2) is 0 Å². The molecule has 0 aliphatic carbocycles. The highest BCUT2D eigenvalue weighted by atomic mass is 15.1. The first-order valence-electron chi connectivity index (χ1n) is 65.0. The third kappa shape index (κ3) is 15.5. The number of rotatable bonds is 18. The van der Waals surface area contributed by atoms with Crippen LogP contribution in [0, 0.1) is 0 Å². The summed E-state index contributed by atoms with van der Waals surface area (Å²) in [6.07, 6.45) is 0. The lowest BCUT2D eigenvalue weighted by Crippen LogP contribution is -2.09. The Morgan fingerprint density at radius 1 is 0.152 bits per heavy atom. The molecule has 4 heteroatoms. The molecule has 0 radical (unpaired) electrons. The first kappa shape index (κ1) is 43.8. The van der Waals surface area contributed by atoms with E-state index in [0.717, 1.165) is 92.8 Å². The van der Waals surface area contributed by atoms with E-state index in [-0.39, 0.29) is 22.4 Å². The molecule has 24 rings (SSSR count). The van der Waals surface area contributed by atoms with Gasteiger partial charge in [-0.05, 0) is 255 Å². The standard InChI is InChI=1S/2C64H44N2/c2*1-3-13-45(14-4-1)47-25-27-48(28-26-47)49-29-36-56(37-30-49)65(57-38-31-50(32-39-57)54-20-11-19-53(43-54)46-15-5-2-6-16-46)58-40-33-51(34-41-58)55-35-42-64-61(44-55)60-22-9-10-23-63(60)66(64)62-24-12-18-52-17-7-8-21-59(52)62/h2*1-44H/i1D,2D,3D,4D,5D,6D,11D,13D,14D,15D,16D,19D,20D,25D,26D,27D,28D,29D,30D,31D,32D,33D,34D,36D,37D,38D,39D,40D,41D,43D;1D,3D,4D,13D,14D,25D,26D,27D,28D,29D,30D,33D,34D,36D,37D,40D,41D. The Kier molecular flexibility index (Phi) is 11.6. The molecule has 4 nitrogen and oxygen atoms in total. The average molecular weight is 1730 g/mol. The van der Waals surface area contributed by atoms with Crippen molar-refractivity contribution in [3.63, 3.8) is 0 Å². The van der Waals surface area contributed by atoms with E-state index in [1.807, 2.05) is 199 Å². The summed E-state index contributed by atoms with van der Waals surface area (Å²) >= 11 is 0. The summed E-state index contributed by atoms with van der Waals surface area (Å²) < 4.78 is 432. The Bertz CT molecular complexity index is 11200. The van der Waals surface area contributed by atoms with Gasteiger partial charge < -0.3 is 18.9 Å². The van der Waals surface area contributed by atoms with E-state index < -0.39 is 379 Å². The number of hydrogen-bond donors (Lipinski definition) is 0. The van der Waals surface area contributed by atoms with Crippen LogP contribution in [0.2, 0.25) is 0 Å². The fourth-order valence-corrected chi connectivity index (χ4v) is 16.2. The predicted molar refractivity (Wildman–Crippen MR) is 560 cm³/mol. The van der Waals surface area contributed by atoms with Crippen molar-refractivity contribution in [2.45, 2.75) is 0 Å². The monoisotopic (exact) mass is 1730 g/mol. The van der Waals surface area contributed by atoms with Gasteiger partial charge in [-0.15, -0.1) is 0 Å². The molecule has 24 aromatic rings. The molecule has 2 heterocycles. The molecule has 2 aromatic heterocycles. The van der Waals surface area contributed by atoms with Crippen molar-refractivity contribution in [2.24, 2.45) is 0 Å². The highest BCUT2D eigenvalue weighted by molar-refractivity contribution is 6.13. The van der Waals surface area contributed by atoms with Crippen molar-refractivity contribution < 1.29 is 64.4 Å². The van der Waals surface area contributed by atoms with Gasteiger partial charge in [0.1, 0.15) is 0 Å². The van der Waals surface area contributed by atoms with E-state index in [0.29, 0.717) is 21.4 Å². The number of para-hydroxylation sites is 2. The molecule has 0 amide bonds. The van der Waals surface area contributed by atoms with Crippen LogP contribution in [0.15, 0.2) is 533 Å². The summed E-state index contributed by atoms with van der Waals surface area (Å²) in [6.45, 7) is 0. The lowest BCUT2D eigenvalue weighted by atomic mass is 9.98. The molecule has 0 saturated heterocycles. The van der Waals surface area contributed by atoms with Gasteiger partial charge in [0.15, 0.2) is 0 Å². The maximum Gasteiger partial charge on any atom is 0.0645 e. The summed E-state index contributed by atoms with van der Waals surface area (Å²) in [5, 5.41) is 6.97. The lowest BCUT2D eigenvalue weighted by molar-refractivity contribution is 1.20. The summed E-state index contributed by atoms with van der Waals surface area (Å²) in [6, 6.07) is 34.0. The molecule has 0 fully saturated rings. The van der Waals surface area contributed by atoms with Crippen LogP contribution in [0.25, 0.3) is 188 Å². The van der Waals surface area contributed by atoms with Gasteiger partial charge in [0, 0.05) is 66.4 Å². The molecule has 0 saturated carbocycles. The SMILES string of the molecule is [2H]c1c([2H])c([2H])c(-c2c([2H])c([2H])c(-c3c([2H])c([2H])c(N(c4c([2H])c([2H])c(-c5ccc6c(c5)c5ccccc5n6-c5cccc6ccccc56)c([2H])c4[2H])c4c([2H])c([2H])c(-c5c([2H])c([2H])c([2H])c(-c6c([2H])c([2H])c([2H])c([2H])c6[2H])c5[2H])c([2H])c4[2H])c([2H])c3[2H])c([2H])c2[2H])c([2H])c1[2H].[2H]c1c([2H])c([2H])c(-c2c([2H])c([2H])c(-c3c([2H])c([2H])c(N(c4ccc(-c5cccc(-c6ccccc6)c5)cc4)c4c([2H])c([2H])c(-c5ccc6c(c5)c5ccccc5n6-c5cccc6ccccc56)c([2H])c4[2H])c([2H])c3[2H])c([2H])c2[2H])c([2H])c1[2H]. The number of nitrogens with zero attached hydrogens (tertiary/aromatic N) is 4. The molecule has 132 heavy (non-hydrogen) atoms. The Morgan fingerprint density at radius 3 is 0.803 bits per heavy atom. The van der Waals surface area contributed by atoms with E-state index in [1.165, 1.54) is 0 Å². The molecule has 0 aliphatic heterocycles. The molecule has 0 unspecified atom stereocenters. The zero-order valence-electron chi connectivity index (χ0n) is 116. The quantitative estimate of drug-likeness (QED) is 0.0851. The molecule has 0 atom stereocenters. The molecule has 0 spiro atoms. The van der Waals surface area contributed by atoms with Crippen LogP contribution in [0.4, 0.5) is 34.1 Å². The maximum absolute atomic E-state index is 9.86. The fourth-order valence-electron chi connectivity index (χ4n) is 16.2. The van der Waals surface area contributed by atoms with Gasteiger partial charge in [-0.3, -0.25) is 0 Å². The molecule has 0 aliphatic rings. The van der Waals surface area contributed by atoms with Crippen molar-refractivity contribution in [1.82, 2.24) is 9.13 Å². The Labute approximate surface area is 835 Å². The second kappa shape index (κ2) is 35.1. The Morgan fingerprint density at radius 2 is 0.409 bits per heavy atom. The zero-order valence-corrected chi connectivity index (χ0v) is 69.0. The minimum absolute atomic E-state index is 0.0356. The third-order valence-electron chi connectivity index (χ3n) is 22.4. The Balaban J connectivity index is 0.000000190. The summed E-state index contributed by atoms with van der Waals surface area (Å²) in [4.78, 5) is 1.54. The van der Waals surface area contributed by atoms with Crippen LogP contribution in [0.1, 0.15) is 64.4 Å². The normalized spacial score (nSPS) is 16.3. The number of aromatic nitrogens is 2. The smallest absolute Gasteiger partial charge is 0.0645 e. The largest absolute Gasteiger partial charge is 0.311 e. The summed E-state index contributed by atoms with van der Waals surface area (Å²) in [5.74, 6) is 0. The minimum Gasteiger partial charge on any atom is -0.311 e. The summed E-state index contributed by atoms with van der Waals surface area (Å²) in [7, 11) is 0. The van der Waals surface area contributed by atoms with Crippen molar-refractivity contribution in [3.05, 3.63) is 533 Å². The molecule has 0 N–H and O–H groups in total. The third-order valence-corrected chi connectivity index (χ3v) is 22.4. The van der Waals surface area contributed by atoms with Gasteiger partial charge in [0.2, 0.25) is 0 Å². The molecule has 22 aromatic carbocycles. The number of benzene rings is 22. The van der Waals surface area contributed by atoms with Gasteiger partial charge in [0.25, 0.3) is 0 Å². The molecule has 620 valence electrons. The van der Waals surface area contributed by atoms with Crippen LogP contribution in [0.5, 0.6) is 0 Å². The van der Waals surface area contributed by atoms with Crippen LogP contribution >= 0.6 is 0 Å². The van der Waals surface area contributed by atoms with Gasteiger partial charge in [0.05, 0.1) is 97.9 Å². The van der Waals surface area contributed by atoms with Gasteiger partial charge >= 0.3 is 0 Å². The maximum atomic E-state index is 9.86. The second-order valence-electron chi connectivity index (χ2n) is 30.2. The van der Waals surface area contributed by atoms with E-state index in [4.69, 9.17) is 32.9 Å². The van der Waals surface area contributed by atoms with Gasteiger partial charge in [-0.1, -0.05) is 400 Å².